The van der Waals surface area contributed by atoms with Crippen LogP contribution in [0.2, 0.25) is 0 Å². The molecule has 3 nitrogen and oxygen atoms in total. The lowest BCUT2D eigenvalue weighted by Crippen LogP contribution is -2.40. The molecule has 1 aliphatic rings. The van der Waals surface area contributed by atoms with Gasteiger partial charge in [0.1, 0.15) is 5.82 Å². The number of pyridine rings is 1. The minimum atomic E-state index is 0.558. The summed E-state index contributed by atoms with van der Waals surface area (Å²) in [7, 11) is 0. The van der Waals surface area contributed by atoms with Crippen LogP contribution >= 0.6 is 0 Å². The maximum Gasteiger partial charge on any atom is 0.129 e. The Morgan fingerprint density at radius 1 is 1.47 bits per heavy atom. The van der Waals surface area contributed by atoms with E-state index in [0.29, 0.717) is 12.1 Å². The minimum Gasteiger partial charge on any atom is -0.352 e. The second kappa shape index (κ2) is 5.50. The van der Waals surface area contributed by atoms with E-state index in [9.17, 15) is 0 Å². The van der Waals surface area contributed by atoms with Crippen molar-refractivity contribution in [1.82, 2.24) is 10.3 Å². The summed E-state index contributed by atoms with van der Waals surface area (Å²) in [6, 6.07) is 7.44. The summed E-state index contributed by atoms with van der Waals surface area (Å²) in [6.45, 7) is 8.66. The minimum absolute atomic E-state index is 0.558. The number of aromatic nitrogens is 1. The summed E-state index contributed by atoms with van der Waals surface area (Å²) in [5.41, 5.74) is 1.10. The van der Waals surface area contributed by atoms with Crippen molar-refractivity contribution in [3.63, 3.8) is 0 Å². The summed E-state index contributed by atoms with van der Waals surface area (Å²) >= 11 is 0. The summed E-state index contributed by atoms with van der Waals surface area (Å²) in [6.07, 6.45) is 2.55. The van der Waals surface area contributed by atoms with E-state index in [1.165, 1.54) is 12.8 Å². The molecule has 0 saturated carbocycles. The SMILES string of the molecule is Cc1cccc(N2CCCC2CNC(C)C)n1. The Hall–Kier alpha value is -1.09. The fourth-order valence-corrected chi connectivity index (χ4v) is 2.41. The average Bonchev–Trinajstić information content (AvgIpc) is 2.74. The number of hydrogen-bond donors (Lipinski definition) is 1. The molecule has 0 amide bonds. The van der Waals surface area contributed by atoms with Gasteiger partial charge in [-0.25, -0.2) is 4.98 Å². The fourth-order valence-electron chi connectivity index (χ4n) is 2.41. The predicted molar refractivity (Wildman–Crippen MR) is 72.5 cm³/mol. The van der Waals surface area contributed by atoms with Gasteiger partial charge in [-0.1, -0.05) is 19.9 Å². The highest BCUT2D eigenvalue weighted by Gasteiger charge is 2.25. The first-order valence-corrected chi connectivity index (χ1v) is 6.60. The van der Waals surface area contributed by atoms with Crippen LogP contribution < -0.4 is 10.2 Å². The molecular weight excluding hydrogens is 210 g/mol. The smallest absolute Gasteiger partial charge is 0.129 e. The van der Waals surface area contributed by atoms with Crippen molar-refractivity contribution >= 4 is 5.82 Å². The van der Waals surface area contributed by atoms with Gasteiger partial charge in [0, 0.05) is 30.9 Å². The summed E-state index contributed by atoms with van der Waals surface area (Å²) in [5.74, 6) is 1.14. The van der Waals surface area contributed by atoms with Crippen LogP contribution in [0.3, 0.4) is 0 Å². The Bertz CT molecular complexity index is 362. The van der Waals surface area contributed by atoms with E-state index in [4.69, 9.17) is 0 Å². The van der Waals surface area contributed by atoms with Crippen molar-refractivity contribution in [1.29, 1.82) is 0 Å². The molecule has 3 heteroatoms. The molecule has 2 rings (SSSR count). The van der Waals surface area contributed by atoms with Crippen LogP contribution in [-0.4, -0.2) is 30.2 Å². The standard InChI is InChI=1S/C14H23N3/c1-11(2)15-10-13-7-5-9-17(13)14-8-4-6-12(3)16-14/h4,6,8,11,13,15H,5,7,9-10H2,1-3H3. The largest absolute Gasteiger partial charge is 0.352 e. The molecule has 17 heavy (non-hydrogen) atoms. The van der Waals surface area contributed by atoms with Gasteiger partial charge in [-0.3, -0.25) is 0 Å². The van der Waals surface area contributed by atoms with Gasteiger partial charge in [-0.2, -0.15) is 0 Å². The third-order valence-corrected chi connectivity index (χ3v) is 3.31. The van der Waals surface area contributed by atoms with E-state index in [1.807, 2.05) is 0 Å². The Morgan fingerprint density at radius 2 is 2.29 bits per heavy atom. The maximum absolute atomic E-state index is 4.63. The lowest BCUT2D eigenvalue weighted by atomic mass is 10.2. The van der Waals surface area contributed by atoms with E-state index in [0.717, 1.165) is 24.6 Å². The normalized spacial score (nSPS) is 20.2. The van der Waals surface area contributed by atoms with E-state index in [2.05, 4.69) is 54.2 Å². The molecule has 1 aliphatic heterocycles. The average molecular weight is 233 g/mol. The molecule has 0 aromatic carbocycles. The number of nitrogens with zero attached hydrogens (tertiary/aromatic N) is 2. The third-order valence-electron chi connectivity index (χ3n) is 3.31. The van der Waals surface area contributed by atoms with Gasteiger partial charge in [-0.15, -0.1) is 0 Å². The molecule has 0 bridgehead atoms. The molecule has 1 saturated heterocycles. The molecule has 2 heterocycles. The van der Waals surface area contributed by atoms with Gasteiger partial charge < -0.3 is 10.2 Å². The van der Waals surface area contributed by atoms with E-state index >= 15 is 0 Å². The lowest BCUT2D eigenvalue weighted by molar-refractivity contribution is 0.522. The Labute approximate surface area is 104 Å². The highest BCUT2D eigenvalue weighted by molar-refractivity contribution is 5.41. The molecule has 0 aliphatic carbocycles. The van der Waals surface area contributed by atoms with Crippen molar-refractivity contribution in [2.45, 2.75) is 45.7 Å². The topological polar surface area (TPSA) is 28.2 Å². The number of nitrogens with one attached hydrogen (secondary N) is 1. The molecule has 0 radical (unpaired) electrons. The molecule has 1 atom stereocenters. The van der Waals surface area contributed by atoms with Gasteiger partial charge in [0.05, 0.1) is 0 Å². The Balaban J connectivity index is 2.04. The highest BCUT2D eigenvalue weighted by atomic mass is 15.2. The quantitative estimate of drug-likeness (QED) is 0.865. The van der Waals surface area contributed by atoms with E-state index < -0.39 is 0 Å². The molecule has 1 fully saturated rings. The van der Waals surface area contributed by atoms with Crippen LogP contribution in [0.15, 0.2) is 18.2 Å². The first-order valence-electron chi connectivity index (χ1n) is 6.60. The fraction of sp³-hybridized carbons (Fsp3) is 0.643. The summed E-state index contributed by atoms with van der Waals surface area (Å²) in [4.78, 5) is 7.08. The molecule has 94 valence electrons. The Morgan fingerprint density at radius 3 is 3.00 bits per heavy atom. The van der Waals surface area contributed by atoms with Crippen LogP contribution in [0, 0.1) is 6.92 Å². The van der Waals surface area contributed by atoms with Gasteiger partial charge >= 0.3 is 0 Å². The van der Waals surface area contributed by atoms with E-state index in [-0.39, 0.29) is 0 Å². The molecular formula is C14H23N3. The molecule has 1 unspecified atom stereocenters. The first-order chi connectivity index (χ1) is 8.16. The van der Waals surface area contributed by atoms with Crippen molar-refractivity contribution < 1.29 is 0 Å². The van der Waals surface area contributed by atoms with Crippen LogP contribution in [0.4, 0.5) is 5.82 Å². The molecule has 1 N–H and O–H groups in total. The summed E-state index contributed by atoms with van der Waals surface area (Å²) in [5, 5.41) is 3.53. The van der Waals surface area contributed by atoms with Crippen LogP contribution in [0.1, 0.15) is 32.4 Å². The lowest BCUT2D eigenvalue weighted by Gasteiger charge is -2.27. The van der Waals surface area contributed by atoms with Crippen LogP contribution in [0.5, 0.6) is 0 Å². The molecule has 1 aromatic rings. The van der Waals surface area contributed by atoms with Crippen LogP contribution in [0.25, 0.3) is 0 Å². The molecule has 0 spiro atoms. The van der Waals surface area contributed by atoms with Gasteiger partial charge in [0.25, 0.3) is 0 Å². The van der Waals surface area contributed by atoms with Crippen LogP contribution in [-0.2, 0) is 0 Å². The first kappa shape index (κ1) is 12.4. The van der Waals surface area contributed by atoms with Gasteiger partial charge in [0.2, 0.25) is 0 Å². The van der Waals surface area contributed by atoms with Crippen molar-refractivity contribution in [3.05, 3.63) is 23.9 Å². The maximum atomic E-state index is 4.63. The molecule has 1 aromatic heterocycles. The van der Waals surface area contributed by atoms with E-state index in [1.54, 1.807) is 0 Å². The predicted octanol–water partition coefficient (Wildman–Crippen LogP) is 2.36. The zero-order valence-corrected chi connectivity index (χ0v) is 11.1. The number of rotatable bonds is 4. The van der Waals surface area contributed by atoms with Crippen molar-refractivity contribution in [3.8, 4) is 0 Å². The van der Waals surface area contributed by atoms with Gasteiger partial charge in [-0.05, 0) is 31.9 Å². The van der Waals surface area contributed by atoms with Gasteiger partial charge in [0.15, 0.2) is 0 Å². The number of anilines is 1. The van der Waals surface area contributed by atoms with Crippen molar-refractivity contribution in [2.75, 3.05) is 18.0 Å². The van der Waals surface area contributed by atoms with Crippen molar-refractivity contribution in [2.24, 2.45) is 0 Å². The Kier molecular flexibility index (Phi) is 4.00. The summed E-state index contributed by atoms with van der Waals surface area (Å²) < 4.78 is 0. The highest BCUT2D eigenvalue weighted by Crippen LogP contribution is 2.23. The zero-order chi connectivity index (χ0) is 12.3. The number of aryl methyl sites for hydroxylation is 1. The second-order valence-corrected chi connectivity index (χ2v) is 5.19. The monoisotopic (exact) mass is 233 g/mol. The zero-order valence-electron chi connectivity index (χ0n) is 11.1. The third kappa shape index (κ3) is 3.19. The number of hydrogen-bond acceptors (Lipinski definition) is 3. The second-order valence-electron chi connectivity index (χ2n) is 5.19.